The largest absolute Gasteiger partial charge is 0.394 e. The fourth-order valence-corrected chi connectivity index (χ4v) is 2.17. The van der Waals surface area contributed by atoms with Gasteiger partial charge in [-0.1, -0.05) is 0 Å². The van der Waals surface area contributed by atoms with E-state index < -0.39 is 0 Å². The molecule has 0 bridgehead atoms. The third kappa shape index (κ3) is 4.04. The van der Waals surface area contributed by atoms with Gasteiger partial charge in [0.05, 0.1) is 13.2 Å². The van der Waals surface area contributed by atoms with E-state index in [2.05, 4.69) is 15.6 Å². The van der Waals surface area contributed by atoms with Crippen LogP contribution in [0.15, 0.2) is 35.8 Å². The molecule has 0 aliphatic heterocycles. The first-order valence-electron chi connectivity index (χ1n) is 6.33. The molecule has 106 valence electrons. The molecule has 6 heteroatoms. The lowest BCUT2D eigenvalue weighted by Gasteiger charge is -2.11. The second-order valence-corrected chi connectivity index (χ2v) is 5.39. The first kappa shape index (κ1) is 14.5. The van der Waals surface area contributed by atoms with Crippen molar-refractivity contribution in [3.8, 4) is 0 Å². The van der Waals surface area contributed by atoms with Gasteiger partial charge in [-0.05, 0) is 31.2 Å². The van der Waals surface area contributed by atoms with E-state index in [9.17, 15) is 4.79 Å². The van der Waals surface area contributed by atoms with Crippen molar-refractivity contribution in [2.24, 2.45) is 0 Å². The minimum absolute atomic E-state index is 0.0702. The second-order valence-electron chi connectivity index (χ2n) is 4.41. The van der Waals surface area contributed by atoms with Crippen LogP contribution in [0.3, 0.4) is 0 Å². The predicted octanol–water partition coefficient (Wildman–Crippen LogP) is 1.87. The lowest BCUT2D eigenvalue weighted by molar-refractivity contribution is 0.0922. The number of aromatic nitrogens is 1. The Morgan fingerprint density at radius 1 is 1.40 bits per heavy atom. The Morgan fingerprint density at radius 3 is 2.75 bits per heavy atom. The molecule has 1 unspecified atom stereocenters. The molecule has 5 nitrogen and oxygen atoms in total. The van der Waals surface area contributed by atoms with E-state index in [-0.39, 0.29) is 18.6 Å². The number of aliphatic hydroxyl groups is 1. The third-order valence-corrected chi connectivity index (χ3v) is 3.51. The van der Waals surface area contributed by atoms with Crippen LogP contribution in [0.25, 0.3) is 0 Å². The topological polar surface area (TPSA) is 74.2 Å². The van der Waals surface area contributed by atoms with Crippen molar-refractivity contribution >= 4 is 22.9 Å². The van der Waals surface area contributed by atoms with Crippen LogP contribution in [0.4, 0.5) is 5.69 Å². The number of anilines is 1. The fraction of sp³-hybridized carbons (Fsp3) is 0.286. The summed E-state index contributed by atoms with van der Waals surface area (Å²) in [5.41, 5.74) is 1.51. The monoisotopic (exact) mass is 291 g/mol. The van der Waals surface area contributed by atoms with Gasteiger partial charge in [0.25, 0.3) is 5.91 Å². The summed E-state index contributed by atoms with van der Waals surface area (Å²) < 4.78 is 0. The van der Waals surface area contributed by atoms with Crippen LogP contribution in [0.1, 0.15) is 22.3 Å². The van der Waals surface area contributed by atoms with E-state index in [0.29, 0.717) is 12.1 Å². The van der Waals surface area contributed by atoms with Gasteiger partial charge in [0.2, 0.25) is 0 Å². The van der Waals surface area contributed by atoms with Crippen molar-refractivity contribution in [3.05, 3.63) is 46.4 Å². The van der Waals surface area contributed by atoms with Crippen molar-refractivity contribution < 1.29 is 9.90 Å². The van der Waals surface area contributed by atoms with Gasteiger partial charge in [0.1, 0.15) is 5.01 Å². The number of nitrogens with zero attached hydrogens (tertiary/aromatic N) is 1. The molecule has 20 heavy (non-hydrogen) atoms. The molecule has 0 fully saturated rings. The first-order chi connectivity index (χ1) is 9.69. The zero-order valence-corrected chi connectivity index (χ0v) is 12.0. The molecule has 0 saturated heterocycles. The van der Waals surface area contributed by atoms with E-state index >= 15 is 0 Å². The minimum atomic E-state index is -0.245. The van der Waals surface area contributed by atoms with E-state index in [1.54, 1.807) is 36.6 Å². The zero-order chi connectivity index (χ0) is 14.4. The van der Waals surface area contributed by atoms with Crippen LogP contribution in [-0.2, 0) is 6.54 Å². The highest BCUT2D eigenvalue weighted by Crippen LogP contribution is 2.12. The van der Waals surface area contributed by atoms with Gasteiger partial charge in [-0.3, -0.25) is 4.79 Å². The number of thiazole rings is 1. The summed E-state index contributed by atoms with van der Waals surface area (Å²) in [6.45, 7) is 2.35. The number of hydrogen-bond acceptors (Lipinski definition) is 5. The molecular weight excluding hydrogens is 274 g/mol. The van der Waals surface area contributed by atoms with Gasteiger partial charge in [0.15, 0.2) is 0 Å². The van der Waals surface area contributed by atoms with E-state index in [0.717, 1.165) is 10.7 Å². The number of carbonyl (C=O) groups excluding carboxylic acids is 1. The average molecular weight is 291 g/mol. The fourth-order valence-electron chi connectivity index (χ4n) is 1.61. The molecule has 0 saturated carbocycles. The Labute approximate surface area is 121 Å². The molecule has 0 spiro atoms. The number of nitrogens with one attached hydrogen (secondary N) is 2. The number of hydrogen-bond donors (Lipinski definition) is 3. The van der Waals surface area contributed by atoms with Crippen LogP contribution in [0.2, 0.25) is 0 Å². The number of rotatable bonds is 6. The Morgan fingerprint density at radius 2 is 2.15 bits per heavy atom. The van der Waals surface area contributed by atoms with Gasteiger partial charge < -0.3 is 15.7 Å². The summed E-state index contributed by atoms with van der Waals surface area (Å²) >= 11 is 1.60. The third-order valence-electron chi connectivity index (χ3n) is 2.73. The smallest absolute Gasteiger partial charge is 0.251 e. The van der Waals surface area contributed by atoms with Crippen LogP contribution in [0, 0.1) is 0 Å². The van der Waals surface area contributed by atoms with Crippen LogP contribution in [0.5, 0.6) is 0 Å². The Hall–Kier alpha value is -1.92. The zero-order valence-electron chi connectivity index (χ0n) is 11.2. The highest BCUT2D eigenvalue weighted by atomic mass is 32.1. The number of benzene rings is 1. The Bertz CT molecular complexity index is 540. The molecule has 2 aromatic rings. The highest BCUT2D eigenvalue weighted by molar-refractivity contribution is 7.09. The van der Waals surface area contributed by atoms with Gasteiger partial charge >= 0.3 is 0 Å². The Balaban J connectivity index is 1.90. The summed E-state index contributed by atoms with van der Waals surface area (Å²) in [7, 11) is 0. The summed E-state index contributed by atoms with van der Waals surface area (Å²) in [6, 6.07) is 6.97. The first-order valence-corrected chi connectivity index (χ1v) is 7.21. The van der Waals surface area contributed by atoms with Crippen LogP contribution in [-0.4, -0.2) is 28.6 Å². The molecule has 1 aromatic heterocycles. The standard InChI is InChI=1S/C14H17N3O2S/c1-10(9-18)17-14(19)11-2-4-12(5-3-11)16-8-13-15-6-7-20-13/h2-7,10,16,18H,8-9H2,1H3,(H,17,19). The molecule has 0 aliphatic rings. The quantitative estimate of drug-likeness (QED) is 0.759. The lowest BCUT2D eigenvalue weighted by Crippen LogP contribution is -2.34. The maximum atomic E-state index is 11.8. The molecule has 1 amide bonds. The van der Waals surface area contributed by atoms with E-state index in [1.165, 1.54) is 0 Å². The lowest BCUT2D eigenvalue weighted by atomic mass is 10.2. The summed E-state index contributed by atoms with van der Waals surface area (Å²) in [4.78, 5) is 16.0. The van der Waals surface area contributed by atoms with Gasteiger partial charge in [-0.15, -0.1) is 11.3 Å². The molecule has 0 radical (unpaired) electrons. The maximum absolute atomic E-state index is 11.8. The van der Waals surface area contributed by atoms with Gasteiger partial charge in [0, 0.05) is 28.9 Å². The number of amides is 1. The molecular formula is C14H17N3O2S. The Kier molecular flexibility index (Phi) is 5.09. The highest BCUT2D eigenvalue weighted by Gasteiger charge is 2.08. The molecule has 2 rings (SSSR count). The van der Waals surface area contributed by atoms with E-state index in [1.807, 2.05) is 17.5 Å². The SMILES string of the molecule is CC(CO)NC(=O)c1ccc(NCc2nccs2)cc1. The average Bonchev–Trinajstić information content (AvgIpc) is 2.98. The summed E-state index contributed by atoms with van der Waals surface area (Å²) in [6.07, 6.45) is 1.78. The summed E-state index contributed by atoms with van der Waals surface area (Å²) in [5, 5.41) is 17.8. The van der Waals surface area contributed by atoms with Gasteiger partial charge in [-0.25, -0.2) is 4.98 Å². The number of aliphatic hydroxyl groups excluding tert-OH is 1. The van der Waals surface area contributed by atoms with Crippen LogP contribution >= 0.6 is 11.3 Å². The van der Waals surface area contributed by atoms with Crippen molar-refractivity contribution in [1.29, 1.82) is 0 Å². The van der Waals surface area contributed by atoms with E-state index in [4.69, 9.17) is 5.11 Å². The van der Waals surface area contributed by atoms with Gasteiger partial charge in [-0.2, -0.15) is 0 Å². The molecule has 3 N–H and O–H groups in total. The second kappa shape index (κ2) is 7.02. The molecule has 1 heterocycles. The summed E-state index contributed by atoms with van der Waals surface area (Å²) in [5.74, 6) is -0.182. The normalized spacial score (nSPS) is 11.9. The number of carbonyl (C=O) groups is 1. The predicted molar refractivity (Wildman–Crippen MR) is 79.9 cm³/mol. The minimum Gasteiger partial charge on any atom is -0.394 e. The van der Waals surface area contributed by atoms with Crippen molar-refractivity contribution in [2.45, 2.75) is 19.5 Å². The molecule has 1 atom stereocenters. The van der Waals surface area contributed by atoms with Crippen molar-refractivity contribution in [3.63, 3.8) is 0 Å². The molecule has 0 aliphatic carbocycles. The van der Waals surface area contributed by atoms with Crippen molar-refractivity contribution in [1.82, 2.24) is 10.3 Å². The maximum Gasteiger partial charge on any atom is 0.251 e. The molecule has 1 aromatic carbocycles. The van der Waals surface area contributed by atoms with Crippen molar-refractivity contribution in [2.75, 3.05) is 11.9 Å². The van der Waals surface area contributed by atoms with Crippen LogP contribution < -0.4 is 10.6 Å².